The molecule has 32 heavy (non-hydrogen) atoms. The van der Waals surface area contributed by atoms with E-state index in [0.29, 0.717) is 18.0 Å². The summed E-state index contributed by atoms with van der Waals surface area (Å²) < 4.78 is 11.6. The number of piperidine rings is 1. The van der Waals surface area contributed by atoms with Gasteiger partial charge in [0.2, 0.25) is 0 Å². The number of unbranched alkanes of at least 4 members (excludes halogenated alkanes) is 3. The van der Waals surface area contributed by atoms with Crippen LogP contribution in [0, 0.1) is 5.92 Å². The SMILES string of the molecule is CCC[CH2][Sn]([CH2]CCC)([CH2]CCC)[c]1cccc([C@H]2C[C@@H]3CC[C@H]([C@@H]2C(=O)OC)N3C)c1. The van der Waals surface area contributed by atoms with Crippen molar-refractivity contribution in [3.05, 3.63) is 29.8 Å². The van der Waals surface area contributed by atoms with Crippen LogP contribution in [0.5, 0.6) is 0 Å². The van der Waals surface area contributed by atoms with E-state index in [-0.39, 0.29) is 11.9 Å². The van der Waals surface area contributed by atoms with Gasteiger partial charge in [0.05, 0.1) is 0 Å². The third-order valence-corrected chi connectivity index (χ3v) is 24.3. The number of hydrogen-bond acceptors (Lipinski definition) is 3. The molecule has 180 valence electrons. The number of fused-ring (bicyclic) bond motifs is 2. The summed E-state index contributed by atoms with van der Waals surface area (Å²) in [6, 6.07) is 10.7. The Morgan fingerprint density at radius 2 is 1.66 bits per heavy atom. The van der Waals surface area contributed by atoms with Crippen LogP contribution in [0.15, 0.2) is 24.3 Å². The third kappa shape index (κ3) is 5.56. The zero-order valence-corrected chi connectivity index (χ0v) is 24.2. The van der Waals surface area contributed by atoms with Gasteiger partial charge in [-0.1, -0.05) is 0 Å². The van der Waals surface area contributed by atoms with Crippen LogP contribution >= 0.6 is 0 Å². The first-order valence-corrected chi connectivity index (χ1v) is 20.9. The molecule has 1 aromatic carbocycles. The predicted molar refractivity (Wildman–Crippen MR) is 138 cm³/mol. The summed E-state index contributed by atoms with van der Waals surface area (Å²) in [5, 5.41) is 0. The molecule has 3 rings (SSSR count). The van der Waals surface area contributed by atoms with Gasteiger partial charge in [-0.25, -0.2) is 0 Å². The maximum absolute atomic E-state index is 13.0. The minimum absolute atomic E-state index is 0.00432. The quantitative estimate of drug-likeness (QED) is 0.221. The van der Waals surface area contributed by atoms with E-state index in [4.69, 9.17) is 4.74 Å². The van der Waals surface area contributed by atoms with Gasteiger partial charge in [-0.3, -0.25) is 0 Å². The molecule has 0 radical (unpaired) electrons. The third-order valence-electron chi connectivity index (χ3n) is 8.70. The van der Waals surface area contributed by atoms with E-state index in [0.717, 1.165) is 12.8 Å². The molecular formula is C28H47NO2Sn. The van der Waals surface area contributed by atoms with Gasteiger partial charge in [0, 0.05) is 0 Å². The van der Waals surface area contributed by atoms with Crippen LogP contribution < -0.4 is 3.58 Å². The minimum atomic E-state index is -2.48. The summed E-state index contributed by atoms with van der Waals surface area (Å²) in [4.78, 5) is 15.4. The van der Waals surface area contributed by atoms with Crippen molar-refractivity contribution in [1.82, 2.24) is 4.90 Å². The normalized spacial score (nSPS) is 25.8. The first kappa shape index (κ1) is 26.1. The van der Waals surface area contributed by atoms with E-state index in [1.165, 1.54) is 63.8 Å². The molecule has 0 spiro atoms. The van der Waals surface area contributed by atoms with Crippen LogP contribution in [-0.4, -0.2) is 55.5 Å². The Morgan fingerprint density at radius 3 is 2.22 bits per heavy atom. The van der Waals surface area contributed by atoms with E-state index >= 15 is 0 Å². The summed E-state index contributed by atoms with van der Waals surface area (Å²) in [6.45, 7) is 7.05. The number of ether oxygens (including phenoxy) is 1. The molecule has 0 aliphatic carbocycles. The molecular weight excluding hydrogens is 501 g/mol. The Labute approximate surface area is 201 Å². The average Bonchev–Trinajstić information content (AvgIpc) is 3.05. The zero-order chi connectivity index (χ0) is 23.1. The van der Waals surface area contributed by atoms with Gasteiger partial charge in [-0.15, -0.1) is 0 Å². The van der Waals surface area contributed by atoms with Crippen molar-refractivity contribution >= 4 is 27.9 Å². The molecule has 2 saturated heterocycles. The first-order chi connectivity index (χ1) is 15.5. The van der Waals surface area contributed by atoms with Crippen molar-refractivity contribution in [1.29, 1.82) is 0 Å². The number of rotatable bonds is 12. The number of carbonyl (C=O) groups excluding carboxylic acids is 1. The Morgan fingerprint density at radius 1 is 1.03 bits per heavy atom. The van der Waals surface area contributed by atoms with Crippen LogP contribution in [-0.2, 0) is 9.53 Å². The fourth-order valence-electron chi connectivity index (χ4n) is 6.72. The number of benzene rings is 1. The molecule has 2 heterocycles. The number of nitrogens with zero attached hydrogens (tertiary/aromatic N) is 1. The molecule has 2 aliphatic rings. The van der Waals surface area contributed by atoms with Gasteiger partial charge in [0.25, 0.3) is 0 Å². The first-order valence-electron chi connectivity index (χ1n) is 13.4. The number of carbonyl (C=O) groups is 1. The molecule has 0 aromatic heterocycles. The van der Waals surface area contributed by atoms with E-state index in [2.05, 4.69) is 57.0 Å². The summed E-state index contributed by atoms with van der Waals surface area (Å²) in [7, 11) is 3.78. The number of methoxy groups -OCH3 is 1. The summed E-state index contributed by atoms with van der Waals surface area (Å²) >= 11 is -2.48. The molecule has 2 aliphatic heterocycles. The second kappa shape index (κ2) is 12.2. The topological polar surface area (TPSA) is 29.5 Å². The molecule has 0 unspecified atom stereocenters. The predicted octanol–water partition coefficient (Wildman–Crippen LogP) is 6.48. The van der Waals surface area contributed by atoms with Crippen molar-refractivity contribution in [2.45, 2.75) is 110 Å². The van der Waals surface area contributed by atoms with E-state index < -0.39 is 18.4 Å². The fraction of sp³-hybridized carbons (Fsp3) is 0.750. The molecule has 0 amide bonds. The summed E-state index contributed by atoms with van der Waals surface area (Å²) in [5.74, 6) is 0.282. The molecule has 4 heteroatoms. The standard InChI is InChI=1S/C16H20NO2.3C4H9.Sn/c1-17-12-8-9-14(17)15(16(18)19-2)13(10-12)11-6-4-3-5-7-11;3*1-3-4-2;/h3-4,6-7,12-15H,8-10H2,1-2H3;3*1,3-4H2,2H3;/t12-,13+,14+,15+;;;;/m0..../s1. The second-order valence-corrected chi connectivity index (χ2v) is 23.8. The zero-order valence-electron chi connectivity index (χ0n) is 21.4. The number of hydrogen-bond donors (Lipinski definition) is 0. The Kier molecular flexibility index (Phi) is 9.97. The monoisotopic (exact) mass is 549 g/mol. The molecule has 2 bridgehead atoms. The van der Waals surface area contributed by atoms with Crippen LogP contribution in [0.25, 0.3) is 0 Å². The molecule has 3 nitrogen and oxygen atoms in total. The Hall–Kier alpha value is -0.551. The second-order valence-electron chi connectivity index (χ2n) is 10.6. The van der Waals surface area contributed by atoms with Crippen LogP contribution in [0.3, 0.4) is 0 Å². The van der Waals surface area contributed by atoms with Crippen molar-refractivity contribution in [3.63, 3.8) is 0 Å². The van der Waals surface area contributed by atoms with Crippen LogP contribution in [0.1, 0.15) is 90.0 Å². The Bertz CT molecular complexity index is 714. The van der Waals surface area contributed by atoms with Gasteiger partial charge in [0.15, 0.2) is 0 Å². The van der Waals surface area contributed by atoms with Crippen molar-refractivity contribution in [2.75, 3.05) is 14.2 Å². The van der Waals surface area contributed by atoms with Crippen LogP contribution in [0.2, 0.25) is 13.3 Å². The van der Waals surface area contributed by atoms with Gasteiger partial charge in [0.1, 0.15) is 0 Å². The van der Waals surface area contributed by atoms with E-state index in [1.54, 1.807) is 10.7 Å². The number of esters is 1. The molecule has 0 saturated carbocycles. The van der Waals surface area contributed by atoms with Gasteiger partial charge < -0.3 is 0 Å². The maximum atomic E-state index is 13.0. The van der Waals surface area contributed by atoms with E-state index in [9.17, 15) is 4.79 Å². The molecule has 2 fully saturated rings. The van der Waals surface area contributed by atoms with E-state index in [1.807, 2.05) is 0 Å². The van der Waals surface area contributed by atoms with Crippen molar-refractivity contribution in [3.8, 4) is 0 Å². The molecule has 4 atom stereocenters. The Balaban J connectivity index is 1.98. The van der Waals surface area contributed by atoms with Gasteiger partial charge in [-0.05, 0) is 0 Å². The average molecular weight is 548 g/mol. The van der Waals surface area contributed by atoms with Gasteiger partial charge >= 0.3 is 202 Å². The van der Waals surface area contributed by atoms with Crippen molar-refractivity contribution < 1.29 is 9.53 Å². The van der Waals surface area contributed by atoms with Crippen LogP contribution in [0.4, 0.5) is 0 Å². The summed E-state index contributed by atoms with van der Waals surface area (Å²) in [6.07, 6.45) is 11.5. The molecule has 0 N–H and O–H groups in total. The summed E-state index contributed by atoms with van der Waals surface area (Å²) in [5.41, 5.74) is 1.42. The van der Waals surface area contributed by atoms with Gasteiger partial charge in [-0.2, -0.15) is 0 Å². The fourth-order valence-corrected chi connectivity index (χ4v) is 22.8. The molecule has 1 aromatic rings. The van der Waals surface area contributed by atoms with Crippen molar-refractivity contribution in [2.24, 2.45) is 5.92 Å².